The molecule has 0 radical (unpaired) electrons. The Morgan fingerprint density at radius 1 is 1.35 bits per heavy atom. The van der Waals surface area contributed by atoms with Crippen LogP contribution < -0.4 is 5.32 Å². The smallest absolute Gasteiger partial charge is 0.0615 e. The molecule has 2 aliphatic rings. The Kier molecular flexibility index (Phi) is 4.83. The molecule has 17 heavy (non-hydrogen) atoms. The number of piperidine rings is 1. The first-order valence-corrected chi connectivity index (χ1v) is 7.17. The van der Waals surface area contributed by atoms with Gasteiger partial charge < -0.3 is 15.0 Å². The van der Waals surface area contributed by atoms with Crippen molar-refractivity contribution in [3.63, 3.8) is 0 Å². The van der Waals surface area contributed by atoms with Gasteiger partial charge in [0.2, 0.25) is 0 Å². The van der Waals surface area contributed by atoms with Gasteiger partial charge in [-0.1, -0.05) is 0 Å². The molecule has 0 saturated carbocycles. The average Bonchev–Trinajstić information content (AvgIpc) is 2.78. The second-order valence-corrected chi connectivity index (χ2v) is 6.05. The Morgan fingerprint density at radius 3 is 2.88 bits per heavy atom. The molecule has 3 unspecified atom stereocenters. The molecule has 2 saturated heterocycles. The lowest BCUT2D eigenvalue weighted by Gasteiger charge is -2.37. The Hall–Kier alpha value is -0.120. The molecule has 3 heteroatoms. The predicted octanol–water partition coefficient (Wildman–Crippen LogP) is 1.73. The molecule has 0 aliphatic carbocycles. The van der Waals surface area contributed by atoms with Crippen molar-refractivity contribution in [3.05, 3.63) is 0 Å². The van der Waals surface area contributed by atoms with Gasteiger partial charge in [0, 0.05) is 25.7 Å². The molecule has 0 aromatic rings. The van der Waals surface area contributed by atoms with Gasteiger partial charge in [-0.15, -0.1) is 0 Å². The number of hydrogen-bond donors (Lipinski definition) is 1. The lowest BCUT2D eigenvalue weighted by molar-refractivity contribution is 0.109. The minimum absolute atomic E-state index is 0.597. The fourth-order valence-corrected chi connectivity index (χ4v) is 3.43. The van der Waals surface area contributed by atoms with Gasteiger partial charge in [-0.3, -0.25) is 0 Å². The van der Waals surface area contributed by atoms with E-state index < -0.39 is 0 Å². The normalized spacial score (nSPS) is 35.6. The third-order valence-electron chi connectivity index (χ3n) is 4.51. The number of ether oxygens (including phenoxy) is 1. The summed E-state index contributed by atoms with van der Waals surface area (Å²) in [6.07, 6.45) is 4.12. The van der Waals surface area contributed by atoms with Crippen molar-refractivity contribution in [3.8, 4) is 0 Å². The van der Waals surface area contributed by atoms with Gasteiger partial charge in [-0.05, 0) is 58.0 Å². The van der Waals surface area contributed by atoms with Crippen LogP contribution >= 0.6 is 0 Å². The molecule has 2 aliphatic heterocycles. The summed E-state index contributed by atoms with van der Waals surface area (Å²) in [4.78, 5) is 2.65. The minimum Gasteiger partial charge on any atom is -0.383 e. The predicted molar refractivity (Wildman–Crippen MR) is 71.2 cm³/mol. The highest BCUT2D eigenvalue weighted by molar-refractivity contribution is 4.88. The second-order valence-electron chi connectivity index (χ2n) is 6.05. The van der Waals surface area contributed by atoms with Crippen LogP contribution in [0.15, 0.2) is 0 Å². The number of rotatable bonds is 4. The van der Waals surface area contributed by atoms with Crippen LogP contribution in [0.2, 0.25) is 0 Å². The first-order chi connectivity index (χ1) is 8.20. The van der Waals surface area contributed by atoms with Crippen molar-refractivity contribution >= 4 is 0 Å². The fourth-order valence-electron chi connectivity index (χ4n) is 3.43. The van der Waals surface area contributed by atoms with Gasteiger partial charge in [0.25, 0.3) is 0 Å². The molecule has 100 valence electrons. The Labute approximate surface area is 106 Å². The Bertz CT molecular complexity index is 232. The van der Waals surface area contributed by atoms with Crippen LogP contribution in [0.4, 0.5) is 0 Å². The molecular formula is C14H28N2O. The van der Waals surface area contributed by atoms with Crippen LogP contribution in [0.3, 0.4) is 0 Å². The maximum Gasteiger partial charge on any atom is 0.0615 e. The Balaban J connectivity index is 1.82. The summed E-state index contributed by atoms with van der Waals surface area (Å²) in [7, 11) is 1.80. The van der Waals surface area contributed by atoms with Crippen molar-refractivity contribution in [2.45, 2.75) is 45.2 Å². The number of methoxy groups -OCH3 is 1. The van der Waals surface area contributed by atoms with Gasteiger partial charge in [0.15, 0.2) is 0 Å². The SMILES string of the molecule is COCC1CC(C2CCCN(C(C)C)C2)CN1. The molecule has 2 heterocycles. The zero-order valence-corrected chi connectivity index (χ0v) is 11.6. The first kappa shape index (κ1) is 13.3. The lowest BCUT2D eigenvalue weighted by atomic mass is 9.83. The van der Waals surface area contributed by atoms with Crippen molar-refractivity contribution in [1.29, 1.82) is 0 Å². The zero-order chi connectivity index (χ0) is 12.3. The maximum atomic E-state index is 5.25. The summed E-state index contributed by atoms with van der Waals surface area (Å²) in [6.45, 7) is 9.33. The number of nitrogens with zero attached hydrogens (tertiary/aromatic N) is 1. The Morgan fingerprint density at radius 2 is 2.18 bits per heavy atom. The van der Waals surface area contributed by atoms with Crippen LogP contribution in [-0.4, -0.2) is 50.3 Å². The first-order valence-electron chi connectivity index (χ1n) is 7.17. The molecular weight excluding hydrogens is 212 g/mol. The van der Waals surface area contributed by atoms with E-state index in [-0.39, 0.29) is 0 Å². The van der Waals surface area contributed by atoms with E-state index in [1.165, 1.54) is 38.9 Å². The summed E-state index contributed by atoms with van der Waals surface area (Å²) >= 11 is 0. The third-order valence-corrected chi connectivity index (χ3v) is 4.51. The van der Waals surface area contributed by atoms with Crippen molar-refractivity contribution in [2.24, 2.45) is 11.8 Å². The molecule has 0 aromatic heterocycles. The zero-order valence-electron chi connectivity index (χ0n) is 11.6. The minimum atomic E-state index is 0.597. The molecule has 3 atom stereocenters. The third kappa shape index (κ3) is 3.43. The number of nitrogens with one attached hydrogen (secondary N) is 1. The molecule has 0 bridgehead atoms. The maximum absolute atomic E-state index is 5.25. The lowest BCUT2D eigenvalue weighted by Crippen LogP contribution is -2.42. The molecule has 2 rings (SSSR count). The van der Waals surface area contributed by atoms with Gasteiger partial charge >= 0.3 is 0 Å². The molecule has 0 spiro atoms. The highest BCUT2D eigenvalue weighted by Crippen LogP contribution is 2.30. The number of hydrogen-bond acceptors (Lipinski definition) is 3. The van der Waals surface area contributed by atoms with Crippen LogP contribution in [0.1, 0.15) is 33.1 Å². The monoisotopic (exact) mass is 240 g/mol. The topological polar surface area (TPSA) is 24.5 Å². The number of likely N-dealkylation sites (tertiary alicyclic amines) is 1. The van der Waals surface area contributed by atoms with E-state index in [4.69, 9.17) is 4.74 Å². The van der Waals surface area contributed by atoms with Gasteiger partial charge in [-0.25, -0.2) is 0 Å². The fraction of sp³-hybridized carbons (Fsp3) is 1.00. The van der Waals surface area contributed by atoms with Gasteiger partial charge in [-0.2, -0.15) is 0 Å². The van der Waals surface area contributed by atoms with E-state index in [1.807, 2.05) is 0 Å². The van der Waals surface area contributed by atoms with Crippen molar-refractivity contribution < 1.29 is 4.74 Å². The summed E-state index contributed by atoms with van der Waals surface area (Å²) in [5.41, 5.74) is 0. The summed E-state index contributed by atoms with van der Waals surface area (Å²) in [5.74, 6) is 1.78. The van der Waals surface area contributed by atoms with E-state index in [2.05, 4.69) is 24.1 Å². The van der Waals surface area contributed by atoms with E-state index in [0.717, 1.165) is 18.4 Å². The van der Waals surface area contributed by atoms with E-state index in [1.54, 1.807) is 7.11 Å². The highest BCUT2D eigenvalue weighted by atomic mass is 16.5. The molecule has 0 aromatic carbocycles. The molecule has 3 nitrogen and oxygen atoms in total. The van der Waals surface area contributed by atoms with E-state index in [0.29, 0.717) is 12.1 Å². The van der Waals surface area contributed by atoms with E-state index in [9.17, 15) is 0 Å². The molecule has 0 amide bonds. The summed E-state index contributed by atoms with van der Waals surface area (Å²) < 4.78 is 5.25. The van der Waals surface area contributed by atoms with Crippen LogP contribution in [0.25, 0.3) is 0 Å². The largest absolute Gasteiger partial charge is 0.383 e. The van der Waals surface area contributed by atoms with Gasteiger partial charge in [0.05, 0.1) is 6.61 Å². The standard InChI is InChI=1S/C14H28N2O/c1-11(2)16-6-4-5-12(9-16)13-7-14(10-17-3)15-8-13/h11-15H,4-10H2,1-3H3. The van der Waals surface area contributed by atoms with Crippen LogP contribution in [-0.2, 0) is 4.74 Å². The quantitative estimate of drug-likeness (QED) is 0.810. The van der Waals surface area contributed by atoms with E-state index >= 15 is 0 Å². The van der Waals surface area contributed by atoms with Crippen molar-refractivity contribution in [1.82, 2.24) is 10.2 Å². The summed E-state index contributed by atoms with van der Waals surface area (Å²) in [5, 5.41) is 3.61. The summed E-state index contributed by atoms with van der Waals surface area (Å²) in [6, 6.07) is 1.31. The highest BCUT2D eigenvalue weighted by Gasteiger charge is 2.33. The van der Waals surface area contributed by atoms with Crippen molar-refractivity contribution in [2.75, 3.05) is 33.4 Å². The second kappa shape index (κ2) is 6.17. The van der Waals surface area contributed by atoms with Crippen LogP contribution in [0, 0.1) is 11.8 Å². The van der Waals surface area contributed by atoms with Gasteiger partial charge in [0.1, 0.15) is 0 Å². The molecule has 2 fully saturated rings. The average molecular weight is 240 g/mol. The molecule has 1 N–H and O–H groups in total. The van der Waals surface area contributed by atoms with Crippen LogP contribution in [0.5, 0.6) is 0 Å².